The van der Waals surface area contributed by atoms with E-state index < -0.39 is 23.9 Å². The average Bonchev–Trinajstić information content (AvgIpc) is 3.29. The Morgan fingerprint density at radius 2 is 1.58 bits per heavy atom. The number of nitrogens with zero attached hydrogens (tertiary/aromatic N) is 2. The van der Waals surface area contributed by atoms with E-state index in [9.17, 15) is 14.4 Å². The first-order chi connectivity index (χ1) is 18.5. The number of amidine groups is 1. The predicted molar refractivity (Wildman–Crippen MR) is 152 cm³/mol. The molecule has 1 fully saturated rings. The second kappa shape index (κ2) is 13.0. The van der Waals surface area contributed by atoms with Crippen LogP contribution in [-0.4, -0.2) is 52.2 Å². The lowest BCUT2D eigenvalue weighted by molar-refractivity contribution is -0.135. The Bertz CT molecular complexity index is 1280. The van der Waals surface area contributed by atoms with Crippen LogP contribution < -0.4 is 16.8 Å². The summed E-state index contributed by atoms with van der Waals surface area (Å²) in [6.45, 7) is 0.358. The zero-order valence-electron chi connectivity index (χ0n) is 21.0. The Labute approximate surface area is 226 Å². The van der Waals surface area contributed by atoms with E-state index in [0.717, 1.165) is 16.7 Å². The number of para-hydroxylation sites is 1. The highest BCUT2D eigenvalue weighted by molar-refractivity contribution is 8.15. The molecule has 196 valence electrons. The van der Waals surface area contributed by atoms with Crippen molar-refractivity contribution in [3.05, 3.63) is 90.5 Å². The molecule has 0 aromatic heterocycles. The Balaban J connectivity index is 1.51. The second-order valence-corrected chi connectivity index (χ2v) is 9.90. The summed E-state index contributed by atoms with van der Waals surface area (Å²) in [4.78, 5) is 44.7. The van der Waals surface area contributed by atoms with Gasteiger partial charge in [0.1, 0.15) is 12.1 Å². The molecule has 5 N–H and O–H groups in total. The molecule has 3 amide bonds. The maximum atomic E-state index is 13.5. The molecule has 0 radical (unpaired) electrons. The molecule has 3 aromatic carbocycles. The molecule has 0 aliphatic carbocycles. The monoisotopic (exact) mass is 529 g/mol. The summed E-state index contributed by atoms with van der Waals surface area (Å²) in [5, 5.41) is 3.24. The summed E-state index contributed by atoms with van der Waals surface area (Å²) in [5.74, 6) is -1.14. The number of thioether (sulfide) groups is 1. The van der Waals surface area contributed by atoms with E-state index in [1.807, 2.05) is 84.9 Å². The predicted octanol–water partition coefficient (Wildman–Crippen LogP) is 3.24. The summed E-state index contributed by atoms with van der Waals surface area (Å²) in [5.41, 5.74) is 15.1. The highest BCUT2D eigenvalue weighted by atomic mass is 32.2. The summed E-state index contributed by atoms with van der Waals surface area (Å²) < 4.78 is 0. The standard InChI is InChI=1S/C29H31N5O3S/c30-17-7-12-25(34-26(35)19-38-29(34)32-23-10-5-2-6-11-23)28(37)33-24(27(31)36)18-20-13-15-22(16-14-20)21-8-3-1-4-9-21/h1-6,8-11,13-16,24-25H,7,12,17-19,30H2,(H2,31,36)(H,33,37). The highest BCUT2D eigenvalue weighted by Crippen LogP contribution is 2.27. The molecule has 2 unspecified atom stereocenters. The van der Waals surface area contributed by atoms with Crippen molar-refractivity contribution in [2.24, 2.45) is 16.5 Å². The van der Waals surface area contributed by atoms with Gasteiger partial charge in [-0.05, 0) is 48.2 Å². The van der Waals surface area contributed by atoms with E-state index in [4.69, 9.17) is 11.5 Å². The molecule has 0 spiro atoms. The topological polar surface area (TPSA) is 131 Å². The van der Waals surface area contributed by atoms with E-state index in [2.05, 4.69) is 10.3 Å². The van der Waals surface area contributed by atoms with Crippen LogP contribution in [-0.2, 0) is 20.8 Å². The summed E-state index contributed by atoms with van der Waals surface area (Å²) in [7, 11) is 0. The first-order valence-corrected chi connectivity index (χ1v) is 13.5. The third kappa shape index (κ3) is 6.87. The van der Waals surface area contributed by atoms with Gasteiger partial charge in [-0.15, -0.1) is 0 Å². The molecule has 38 heavy (non-hydrogen) atoms. The Hall–Kier alpha value is -3.95. The molecule has 2 atom stereocenters. The van der Waals surface area contributed by atoms with Gasteiger partial charge in [0.05, 0.1) is 11.4 Å². The van der Waals surface area contributed by atoms with Crippen molar-refractivity contribution in [1.82, 2.24) is 10.2 Å². The van der Waals surface area contributed by atoms with Crippen LogP contribution in [0.2, 0.25) is 0 Å². The lowest BCUT2D eigenvalue weighted by Gasteiger charge is -2.28. The molecule has 1 aliphatic heterocycles. The minimum absolute atomic E-state index is 0.186. The summed E-state index contributed by atoms with van der Waals surface area (Å²) in [6.07, 6.45) is 1.08. The van der Waals surface area contributed by atoms with E-state index >= 15 is 0 Å². The van der Waals surface area contributed by atoms with Crippen LogP contribution in [0, 0.1) is 0 Å². The van der Waals surface area contributed by atoms with Gasteiger partial charge in [0.25, 0.3) is 0 Å². The van der Waals surface area contributed by atoms with E-state index in [1.54, 1.807) is 0 Å². The van der Waals surface area contributed by atoms with E-state index in [1.165, 1.54) is 16.7 Å². The molecular weight excluding hydrogens is 498 g/mol. The van der Waals surface area contributed by atoms with Crippen LogP contribution in [0.1, 0.15) is 18.4 Å². The normalized spacial score (nSPS) is 15.9. The first kappa shape index (κ1) is 27.1. The van der Waals surface area contributed by atoms with Crippen LogP contribution in [0.15, 0.2) is 89.9 Å². The number of nitrogens with one attached hydrogen (secondary N) is 1. The number of hydrogen-bond acceptors (Lipinski definition) is 6. The minimum Gasteiger partial charge on any atom is -0.368 e. The number of hydrogen-bond donors (Lipinski definition) is 3. The van der Waals surface area contributed by atoms with E-state index in [-0.39, 0.29) is 18.1 Å². The maximum absolute atomic E-state index is 13.5. The zero-order valence-corrected chi connectivity index (χ0v) is 21.8. The zero-order chi connectivity index (χ0) is 26.9. The molecule has 4 rings (SSSR count). The van der Waals surface area contributed by atoms with Crippen LogP contribution in [0.5, 0.6) is 0 Å². The molecule has 9 heteroatoms. The molecule has 1 saturated heterocycles. The molecule has 3 aromatic rings. The number of aliphatic imine (C=N–C) groups is 1. The first-order valence-electron chi connectivity index (χ1n) is 12.5. The van der Waals surface area contributed by atoms with Crippen molar-refractivity contribution in [1.29, 1.82) is 0 Å². The number of primary amides is 1. The van der Waals surface area contributed by atoms with Crippen molar-refractivity contribution in [2.75, 3.05) is 12.3 Å². The van der Waals surface area contributed by atoms with Gasteiger partial charge in [0, 0.05) is 6.42 Å². The lowest BCUT2D eigenvalue weighted by atomic mass is 10.00. The van der Waals surface area contributed by atoms with Crippen LogP contribution in [0.25, 0.3) is 11.1 Å². The van der Waals surface area contributed by atoms with Crippen molar-refractivity contribution in [3.63, 3.8) is 0 Å². The van der Waals surface area contributed by atoms with Gasteiger partial charge in [-0.1, -0.05) is 84.6 Å². The fraction of sp³-hybridized carbons (Fsp3) is 0.241. The molecular formula is C29H31N5O3S. The summed E-state index contributed by atoms with van der Waals surface area (Å²) in [6, 6.07) is 25.2. The van der Waals surface area contributed by atoms with Gasteiger partial charge in [0.2, 0.25) is 17.7 Å². The van der Waals surface area contributed by atoms with Gasteiger partial charge < -0.3 is 16.8 Å². The van der Waals surface area contributed by atoms with Gasteiger partial charge in [-0.2, -0.15) is 0 Å². The number of amides is 3. The third-order valence-corrected chi connectivity index (χ3v) is 7.17. The Morgan fingerprint density at radius 1 is 0.947 bits per heavy atom. The SMILES string of the molecule is NCCCC(C(=O)NC(Cc1ccc(-c2ccccc2)cc1)C(N)=O)N1C(=O)CSC1=Nc1ccccc1. The Kier molecular flexibility index (Phi) is 9.29. The van der Waals surface area contributed by atoms with E-state index in [0.29, 0.717) is 30.2 Å². The summed E-state index contributed by atoms with van der Waals surface area (Å²) >= 11 is 1.28. The van der Waals surface area contributed by atoms with Crippen molar-refractivity contribution in [2.45, 2.75) is 31.3 Å². The number of carbonyl (C=O) groups excluding carboxylic acids is 3. The Morgan fingerprint density at radius 3 is 2.21 bits per heavy atom. The smallest absolute Gasteiger partial charge is 0.243 e. The molecule has 0 bridgehead atoms. The van der Waals surface area contributed by atoms with Gasteiger partial charge in [0.15, 0.2) is 5.17 Å². The quantitative estimate of drug-likeness (QED) is 0.351. The van der Waals surface area contributed by atoms with Gasteiger partial charge >= 0.3 is 0 Å². The number of nitrogens with two attached hydrogens (primary N) is 2. The second-order valence-electron chi connectivity index (χ2n) is 8.96. The van der Waals surface area contributed by atoms with Crippen molar-refractivity contribution >= 4 is 40.3 Å². The highest BCUT2D eigenvalue weighted by Gasteiger charge is 2.39. The van der Waals surface area contributed by atoms with Crippen LogP contribution >= 0.6 is 11.8 Å². The van der Waals surface area contributed by atoms with Crippen molar-refractivity contribution < 1.29 is 14.4 Å². The molecule has 1 heterocycles. The molecule has 1 aliphatic rings. The fourth-order valence-electron chi connectivity index (χ4n) is 4.26. The number of benzene rings is 3. The van der Waals surface area contributed by atoms with Gasteiger partial charge in [-0.3, -0.25) is 19.3 Å². The van der Waals surface area contributed by atoms with Gasteiger partial charge in [-0.25, -0.2) is 4.99 Å². The number of carbonyl (C=O) groups is 3. The van der Waals surface area contributed by atoms with Crippen LogP contribution in [0.3, 0.4) is 0 Å². The molecule has 8 nitrogen and oxygen atoms in total. The maximum Gasteiger partial charge on any atom is 0.243 e. The lowest BCUT2D eigenvalue weighted by Crippen LogP contribution is -2.55. The third-order valence-electron chi connectivity index (χ3n) is 6.24. The average molecular weight is 530 g/mol. The van der Waals surface area contributed by atoms with Crippen molar-refractivity contribution in [3.8, 4) is 11.1 Å². The minimum atomic E-state index is -0.940. The van der Waals surface area contributed by atoms with Crippen LogP contribution in [0.4, 0.5) is 5.69 Å². The number of rotatable bonds is 11. The fourth-order valence-corrected chi connectivity index (χ4v) is 5.19. The largest absolute Gasteiger partial charge is 0.368 e. The molecule has 0 saturated carbocycles.